The molecule has 0 aromatic heterocycles. The third kappa shape index (κ3) is 2.61. The fraction of sp³-hybridized carbons (Fsp3) is 0.273. The zero-order valence-corrected chi connectivity index (χ0v) is 15.9. The fourth-order valence-electron chi connectivity index (χ4n) is 3.41. The summed E-state index contributed by atoms with van der Waals surface area (Å²) in [4.78, 5) is 0. The van der Waals surface area contributed by atoms with Crippen LogP contribution in [0.3, 0.4) is 0 Å². The Bertz CT molecular complexity index is 1040. The van der Waals surface area contributed by atoms with Crippen LogP contribution in [0.5, 0.6) is 23.0 Å². The summed E-state index contributed by atoms with van der Waals surface area (Å²) in [5.74, 6) is 2.81. The summed E-state index contributed by atoms with van der Waals surface area (Å²) in [6.45, 7) is 8.19. The minimum Gasteiger partial charge on any atom is -0.450 e. The van der Waals surface area contributed by atoms with Gasteiger partial charge < -0.3 is 18.8 Å². The van der Waals surface area contributed by atoms with Crippen LogP contribution in [0.15, 0.2) is 54.6 Å². The molecular formula is C22H21BO4. The van der Waals surface area contributed by atoms with Gasteiger partial charge in [-0.25, -0.2) is 0 Å². The zero-order valence-electron chi connectivity index (χ0n) is 15.9. The van der Waals surface area contributed by atoms with Crippen molar-refractivity contribution in [3.63, 3.8) is 0 Å². The molecule has 4 nitrogen and oxygen atoms in total. The molecule has 3 aromatic rings. The van der Waals surface area contributed by atoms with E-state index in [4.69, 9.17) is 18.8 Å². The highest BCUT2D eigenvalue weighted by Gasteiger charge is 2.51. The van der Waals surface area contributed by atoms with Crippen LogP contribution in [0.4, 0.5) is 0 Å². The van der Waals surface area contributed by atoms with Crippen molar-refractivity contribution in [2.24, 2.45) is 0 Å². The van der Waals surface area contributed by atoms with E-state index in [1.54, 1.807) is 0 Å². The van der Waals surface area contributed by atoms with Crippen LogP contribution >= 0.6 is 0 Å². The van der Waals surface area contributed by atoms with Crippen LogP contribution in [-0.4, -0.2) is 18.3 Å². The Hall–Kier alpha value is -2.50. The Labute approximate surface area is 159 Å². The van der Waals surface area contributed by atoms with Crippen molar-refractivity contribution in [1.29, 1.82) is 0 Å². The Balaban J connectivity index is 1.49. The van der Waals surface area contributed by atoms with Gasteiger partial charge in [0.25, 0.3) is 0 Å². The Morgan fingerprint density at radius 2 is 1.15 bits per heavy atom. The zero-order chi connectivity index (χ0) is 18.8. The minimum absolute atomic E-state index is 0.379. The van der Waals surface area contributed by atoms with Gasteiger partial charge in [0.1, 0.15) is 0 Å². The van der Waals surface area contributed by atoms with Crippen molar-refractivity contribution in [2.75, 3.05) is 0 Å². The molecule has 0 radical (unpaired) electrons. The van der Waals surface area contributed by atoms with Gasteiger partial charge in [0.15, 0.2) is 23.0 Å². The number of ether oxygens (including phenoxy) is 2. The molecule has 0 bridgehead atoms. The second kappa shape index (κ2) is 5.50. The van der Waals surface area contributed by atoms with E-state index in [2.05, 4.69) is 12.1 Å². The molecule has 0 N–H and O–H groups in total. The summed E-state index contributed by atoms with van der Waals surface area (Å²) in [7, 11) is -0.429. The van der Waals surface area contributed by atoms with E-state index in [1.807, 2.05) is 70.2 Å². The van der Waals surface area contributed by atoms with E-state index < -0.39 is 7.12 Å². The van der Waals surface area contributed by atoms with E-state index in [1.165, 1.54) is 0 Å². The third-order valence-corrected chi connectivity index (χ3v) is 5.75. The molecule has 0 spiro atoms. The molecule has 0 unspecified atom stereocenters. The second-order valence-electron chi connectivity index (χ2n) is 8.14. The number of fused-ring (bicyclic) bond motifs is 3. The van der Waals surface area contributed by atoms with Crippen LogP contribution < -0.4 is 14.9 Å². The van der Waals surface area contributed by atoms with E-state index in [0.717, 1.165) is 22.0 Å². The summed E-state index contributed by atoms with van der Waals surface area (Å²) < 4.78 is 24.5. The smallest absolute Gasteiger partial charge is 0.450 e. The van der Waals surface area contributed by atoms with Crippen LogP contribution in [0, 0.1) is 0 Å². The third-order valence-electron chi connectivity index (χ3n) is 5.75. The predicted octanol–water partition coefficient (Wildman–Crippen LogP) is 5.04. The summed E-state index contributed by atoms with van der Waals surface area (Å²) in [5.41, 5.74) is 0.160. The van der Waals surface area contributed by atoms with E-state index in [9.17, 15) is 0 Å². The average Bonchev–Trinajstić information content (AvgIpc) is 2.85. The SMILES string of the molecule is CC1(C)OB(c2ccc3c(c2)Oc2cc4ccccc4cc2O3)OC1(C)C. The topological polar surface area (TPSA) is 36.9 Å². The number of hydrogen-bond donors (Lipinski definition) is 0. The van der Waals surface area contributed by atoms with Crippen molar-refractivity contribution < 1.29 is 18.8 Å². The molecular weight excluding hydrogens is 339 g/mol. The van der Waals surface area contributed by atoms with Gasteiger partial charge >= 0.3 is 7.12 Å². The van der Waals surface area contributed by atoms with Gasteiger partial charge in [0.2, 0.25) is 0 Å². The first-order valence-electron chi connectivity index (χ1n) is 9.20. The van der Waals surface area contributed by atoms with Crippen LogP contribution in [0.25, 0.3) is 10.8 Å². The summed E-state index contributed by atoms with van der Waals surface area (Å²) in [5, 5.41) is 2.24. The molecule has 5 rings (SSSR count). The summed E-state index contributed by atoms with van der Waals surface area (Å²) >= 11 is 0. The fourth-order valence-corrected chi connectivity index (χ4v) is 3.41. The molecule has 3 aromatic carbocycles. The van der Waals surface area contributed by atoms with E-state index in [-0.39, 0.29) is 11.2 Å². The lowest BCUT2D eigenvalue weighted by Gasteiger charge is -2.32. The maximum absolute atomic E-state index is 6.15. The van der Waals surface area contributed by atoms with Crippen LogP contribution in [-0.2, 0) is 9.31 Å². The largest absolute Gasteiger partial charge is 0.494 e. The van der Waals surface area contributed by atoms with Gasteiger partial charge in [0, 0.05) is 0 Å². The van der Waals surface area contributed by atoms with E-state index in [0.29, 0.717) is 17.2 Å². The van der Waals surface area contributed by atoms with Crippen molar-refractivity contribution in [1.82, 2.24) is 0 Å². The highest BCUT2D eigenvalue weighted by molar-refractivity contribution is 6.62. The quantitative estimate of drug-likeness (QED) is 0.446. The Kier molecular flexibility index (Phi) is 3.40. The normalized spacial score (nSPS) is 19.2. The molecule has 1 fully saturated rings. The predicted molar refractivity (Wildman–Crippen MR) is 106 cm³/mol. The molecule has 0 atom stereocenters. The van der Waals surface area contributed by atoms with Crippen LogP contribution in [0.1, 0.15) is 27.7 Å². The van der Waals surface area contributed by atoms with Gasteiger partial charge in [-0.2, -0.15) is 0 Å². The first-order chi connectivity index (χ1) is 12.8. The molecule has 2 aliphatic heterocycles. The van der Waals surface area contributed by atoms with Crippen molar-refractivity contribution in [3.8, 4) is 23.0 Å². The lowest BCUT2D eigenvalue weighted by molar-refractivity contribution is 0.00578. The highest BCUT2D eigenvalue weighted by atomic mass is 16.7. The molecule has 1 saturated heterocycles. The molecule has 136 valence electrons. The lowest BCUT2D eigenvalue weighted by atomic mass is 9.79. The van der Waals surface area contributed by atoms with Crippen molar-refractivity contribution >= 4 is 23.4 Å². The monoisotopic (exact) mass is 360 g/mol. The molecule has 0 saturated carbocycles. The van der Waals surface area contributed by atoms with Crippen LogP contribution in [0.2, 0.25) is 0 Å². The number of benzene rings is 3. The molecule has 0 amide bonds. The average molecular weight is 360 g/mol. The van der Waals surface area contributed by atoms with Gasteiger partial charge in [0.05, 0.1) is 11.2 Å². The lowest BCUT2D eigenvalue weighted by Crippen LogP contribution is -2.41. The number of rotatable bonds is 1. The van der Waals surface area contributed by atoms with Crippen molar-refractivity contribution in [2.45, 2.75) is 38.9 Å². The highest BCUT2D eigenvalue weighted by Crippen LogP contribution is 2.46. The second-order valence-corrected chi connectivity index (χ2v) is 8.14. The van der Waals surface area contributed by atoms with Gasteiger partial charge in [-0.3, -0.25) is 0 Å². The van der Waals surface area contributed by atoms with E-state index >= 15 is 0 Å². The van der Waals surface area contributed by atoms with Crippen molar-refractivity contribution in [3.05, 3.63) is 54.6 Å². The number of hydrogen-bond acceptors (Lipinski definition) is 4. The maximum Gasteiger partial charge on any atom is 0.494 e. The first-order valence-corrected chi connectivity index (χ1v) is 9.20. The van der Waals surface area contributed by atoms with Gasteiger partial charge in [-0.1, -0.05) is 30.3 Å². The molecule has 0 aliphatic carbocycles. The van der Waals surface area contributed by atoms with Gasteiger partial charge in [-0.05, 0) is 68.2 Å². The summed E-state index contributed by atoms with van der Waals surface area (Å²) in [6, 6.07) is 18.0. The van der Waals surface area contributed by atoms with Gasteiger partial charge in [-0.15, -0.1) is 0 Å². The molecule has 2 aliphatic rings. The first kappa shape index (κ1) is 16.7. The Morgan fingerprint density at radius 1 is 0.630 bits per heavy atom. The Morgan fingerprint density at radius 3 is 1.74 bits per heavy atom. The summed E-state index contributed by atoms with van der Waals surface area (Å²) in [6.07, 6.45) is 0. The maximum atomic E-state index is 6.15. The molecule has 27 heavy (non-hydrogen) atoms. The standard InChI is InChI=1S/C22H21BO4/c1-21(2)22(3,4)27-23(26-21)16-9-10-17-20(13-16)25-19-12-15-8-6-5-7-14(15)11-18(19)24-17/h5-13H,1-4H3. The minimum atomic E-state index is -0.429. The molecule has 2 heterocycles. The molecule has 5 heteroatoms.